The molecule has 4 nitrogen and oxygen atoms in total. The number of hydrogen-bond donors (Lipinski definition) is 1. The maximum Gasteiger partial charge on any atom is 0.248 e. The van der Waals surface area contributed by atoms with Crippen molar-refractivity contribution in [2.75, 3.05) is 13.1 Å². The normalized spacial score (nSPS) is 27.3. The largest absolute Gasteiger partial charge is 0.340 e. The Balaban J connectivity index is 1.63. The smallest absolute Gasteiger partial charge is 0.248 e. The predicted octanol–water partition coefficient (Wildman–Crippen LogP) is 1.84. The molecule has 2 saturated carbocycles. The molecule has 1 heterocycles. The first-order valence-corrected chi connectivity index (χ1v) is 7.80. The van der Waals surface area contributed by atoms with Gasteiger partial charge in [-0.3, -0.25) is 9.59 Å². The summed E-state index contributed by atoms with van der Waals surface area (Å²) in [6.07, 6.45) is 10.1. The molecular formula is C15H24N2O2. The Bertz CT molecular complexity index is 368. The molecule has 0 atom stereocenters. The van der Waals surface area contributed by atoms with Gasteiger partial charge in [0.1, 0.15) is 5.54 Å². The predicted molar refractivity (Wildman–Crippen MR) is 72.5 cm³/mol. The van der Waals surface area contributed by atoms with Crippen molar-refractivity contribution in [1.82, 2.24) is 10.2 Å². The number of nitrogens with one attached hydrogen (secondary N) is 1. The summed E-state index contributed by atoms with van der Waals surface area (Å²) < 4.78 is 0. The van der Waals surface area contributed by atoms with E-state index in [4.69, 9.17) is 0 Å². The fourth-order valence-corrected chi connectivity index (χ4v) is 4.04. The minimum atomic E-state index is -0.537. The summed E-state index contributed by atoms with van der Waals surface area (Å²) in [5, 5.41) is 2.97. The third kappa shape index (κ3) is 2.49. The standard InChI is InChI=1S/C15H24N2O2/c18-13-11-17(10-7-12-5-1-2-6-12)14(19)15(16-13)8-3-4-9-15/h12H,1-11H2,(H,16,18). The van der Waals surface area contributed by atoms with Crippen LogP contribution in [0.1, 0.15) is 57.8 Å². The van der Waals surface area contributed by atoms with Crippen LogP contribution in [0.3, 0.4) is 0 Å². The van der Waals surface area contributed by atoms with Gasteiger partial charge in [0, 0.05) is 6.54 Å². The summed E-state index contributed by atoms with van der Waals surface area (Å²) >= 11 is 0. The Kier molecular flexibility index (Phi) is 3.50. The third-order valence-corrected chi connectivity index (χ3v) is 5.15. The maximum absolute atomic E-state index is 12.6. The Morgan fingerprint density at radius 3 is 2.47 bits per heavy atom. The fourth-order valence-electron chi connectivity index (χ4n) is 4.04. The van der Waals surface area contributed by atoms with Crippen LogP contribution in [0.25, 0.3) is 0 Å². The van der Waals surface area contributed by atoms with E-state index >= 15 is 0 Å². The highest BCUT2D eigenvalue weighted by Crippen LogP contribution is 2.34. The van der Waals surface area contributed by atoms with Gasteiger partial charge in [-0.1, -0.05) is 38.5 Å². The van der Waals surface area contributed by atoms with Gasteiger partial charge < -0.3 is 10.2 Å². The average Bonchev–Trinajstić information content (AvgIpc) is 3.04. The molecule has 0 aromatic heterocycles. The monoisotopic (exact) mass is 264 g/mol. The lowest BCUT2D eigenvalue weighted by Gasteiger charge is -2.40. The minimum Gasteiger partial charge on any atom is -0.340 e. The molecule has 0 radical (unpaired) electrons. The number of carbonyl (C=O) groups is 2. The van der Waals surface area contributed by atoms with Gasteiger partial charge in [0.25, 0.3) is 0 Å². The molecule has 19 heavy (non-hydrogen) atoms. The van der Waals surface area contributed by atoms with Gasteiger partial charge in [-0.15, -0.1) is 0 Å². The van der Waals surface area contributed by atoms with Crippen molar-refractivity contribution < 1.29 is 9.59 Å². The Morgan fingerprint density at radius 1 is 1.11 bits per heavy atom. The van der Waals surface area contributed by atoms with Crippen LogP contribution in [-0.4, -0.2) is 35.3 Å². The molecule has 4 heteroatoms. The lowest BCUT2D eigenvalue weighted by molar-refractivity contribution is -0.149. The van der Waals surface area contributed by atoms with Crippen LogP contribution < -0.4 is 5.32 Å². The van der Waals surface area contributed by atoms with Crippen molar-refractivity contribution in [2.45, 2.75) is 63.3 Å². The molecule has 2 aliphatic carbocycles. The Labute approximate surface area is 114 Å². The molecule has 1 aliphatic heterocycles. The number of nitrogens with zero attached hydrogens (tertiary/aromatic N) is 1. The van der Waals surface area contributed by atoms with Crippen molar-refractivity contribution in [1.29, 1.82) is 0 Å². The second-order valence-electron chi connectivity index (χ2n) is 6.50. The van der Waals surface area contributed by atoms with Crippen LogP contribution in [0.2, 0.25) is 0 Å². The molecular weight excluding hydrogens is 240 g/mol. The first-order valence-electron chi connectivity index (χ1n) is 7.80. The van der Waals surface area contributed by atoms with Crippen LogP contribution in [0, 0.1) is 5.92 Å². The summed E-state index contributed by atoms with van der Waals surface area (Å²) in [6, 6.07) is 0. The van der Waals surface area contributed by atoms with Crippen molar-refractivity contribution in [2.24, 2.45) is 5.92 Å². The summed E-state index contributed by atoms with van der Waals surface area (Å²) in [7, 11) is 0. The van der Waals surface area contributed by atoms with Gasteiger partial charge in [0.15, 0.2) is 0 Å². The molecule has 3 aliphatic rings. The summed E-state index contributed by atoms with van der Waals surface area (Å²) in [5.74, 6) is 0.993. The number of piperazine rings is 1. The lowest BCUT2D eigenvalue weighted by Crippen LogP contribution is -2.65. The van der Waals surface area contributed by atoms with Crippen LogP contribution in [0.15, 0.2) is 0 Å². The molecule has 3 rings (SSSR count). The van der Waals surface area contributed by atoms with Gasteiger partial charge in [-0.05, 0) is 25.2 Å². The third-order valence-electron chi connectivity index (χ3n) is 5.15. The number of rotatable bonds is 3. The molecule has 2 amide bonds. The Hall–Kier alpha value is -1.06. The number of amides is 2. The molecule has 0 aromatic carbocycles. The van der Waals surface area contributed by atoms with Crippen LogP contribution >= 0.6 is 0 Å². The van der Waals surface area contributed by atoms with E-state index < -0.39 is 5.54 Å². The van der Waals surface area contributed by atoms with Gasteiger partial charge in [0.2, 0.25) is 11.8 Å². The topological polar surface area (TPSA) is 49.4 Å². The van der Waals surface area contributed by atoms with Crippen molar-refractivity contribution >= 4 is 11.8 Å². The van der Waals surface area contributed by atoms with Crippen molar-refractivity contribution in [3.8, 4) is 0 Å². The molecule has 0 unspecified atom stereocenters. The van der Waals surface area contributed by atoms with E-state index in [2.05, 4.69) is 5.32 Å². The molecule has 0 aromatic rings. The average molecular weight is 264 g/mol. The Morgan fingerprint density at radius 2 is 1.79 bits per heavy atom. The van der Waals surface area contributed by atoms with E-state index in [1.165, 1.54) is 25.7 Å². The van der Waals surface area contributed by atoms with Gasteiger partial charge >= 0.3 is 0 Å². The highest BCUT2D eigenvalue weighted by Gasteiger charge is 2.48. The molecule has 0 bridgehead atoms. The van der Waals surface area contributed by atoms with E-state index in [0.29, 0.717) is 0 Å². The van der Waals surface area contributed by atoms with Gasteiger partial charge in [-0.25, -0.2) is 0 Å². The zero-order chi connectivity index (χ0) is 13.3. The van der Waals surface area contributed by atoms with Gasteiger partial charge in [0.05, 0.1) is 6.54 Å². The highest BCUT2D eigenvalue weighted by molar-refractivity contribution is 5.98. The summed E-state index contributed by atoms with van der Waals surface area (Å²) in [6.45, 7) is 1.05. The number of carbonyl (C=O) groups excluding carboxylic acids is 2. The van der Waals surface area contributed by atoms with Crippen molar-refractivity contribution in [3.05, 3.63) is 0 Å². The second kappa shape index (κ2) is 5.14. The first kappa shape index (κ1) is 12.9. The fraction of sp³-hybridized carbons (Fsp3) is 0.867. The second-order valence-corrected chi connectivity index (χ2v) is 6.50. The summed E-state index contributed by atoms with van der Waals surface area (Å²) in [5.41, 5.74) is -0.537. The maximum atomic E-state index is 12.6. The molecule has 1 spiro atoms. The molecule has 3 fully saturated rings. The highest BCUT2D eigenvalue weighted by atomic mass is 16.2. The van der Waals surface area contributed by atoms with Crippen LogP contribution in [0.5, 0.6) is 0 Å². The lowest BCUT2D eigenvalue weighted by atomic mass is 9.92. The molecule has 1 N–H and O–H groups in total. The minimum absolute atomic E-state index is 0.0351. The number of hydrogen-bond acceptors (Lipinski definition) is 2. The SMILES string of the molecule is O=C1CN(CCC2CCCC2)C(=O)C2(CCCC2)N1. The van der Waals surface area contributed by atoms with E-state index in [0.717, 1.165) is 44.6 Å². The molecule has 1 saturated heterocycles. The van der Waals surface area contributed by atoms with Gasteiger partial charge in [-0.2, -0.15) is 0 Å². The van der Waals surface area contributed by atoms with Crippen LogP contribution in [0.4, 0.5) is 0 Å². The quantitative estimate of drug-likeness (QED) is 0.845. The molecule has 106 valence electrons. The van der Waals surface area contributed by atoms with E-state index in [9.17, 15) is 9.59 Å². The van der Waals surface area contributed by atoms with E-state index in [1.807, 2.05) is 4.90 Å². The van der Waals surface area contributed by atoms with Crippen molar-refractivity contribution in [3.63, 3.8) is 0 Å². The summed E-state index contributed by atoms with van der Waals surface area (Å²) in [4.78, 5) is 26.3. The van der Waals surface area contributed by atoms with Crippen LogP contribution in [-0.2, 0) is 9.59 Å². The van der Waals surface area contributed by atoms with E-state index in [1.54, 1.807) is 0 Å². The van der Waals surface area contributed by atoms with E-state index in [-0.39, 0.29) is 18.4 Å². The zero-order valence-electron chi connectivity index (χ0n) is 11.6. The first-order chi connectivity index (χ1) is 9.20. The zero-order valence-corrected chi connectivity index (χ0v) is 11.6.